The minimum Gasteiger partial charge on any atom is -0.393 e. The molecule has 0 aliphatic heterocycles. The highest BCUT2D eigenvalue weighted by Crippen LogP contribution is 1.96. The Bertz CT molecular complexity index is 117. The van der Waals surface area contributed by atoms with E-state index in [0.29, 0.717) is 4.99 Å². The molecule has 0 spiro atoms. The molecule has 0 fully saturated rings. The lowest BCUT2D eigenvalue weighted by Gasteiger charge is -2.02. The van der Waals surface area contributed by atoms with Gasteiger partial charge in [-0.05, 0) is 19.3 Å². The van der Waals surface area contributed by atoms with E-state index in [1.165, 1.54) is 19.3 Å². The van der Waals surface area contributed by atoms with Crippen molar-refractivity contribution in [3.8, 4) is 0 Å². The van der Waals surface area contributed by atoms with Crippen molar-refractivity contribution in [2.24, 2.45) is 5.73 Å². The number of ether oxygens (including phenoxy) is 1. The molecule has 0 radical (unpaired) electrons. The zero-order chi connectivity index (χ0) is 9.23. The van der Waals surface area contributed by atoms with Crippen molar-refractivity contribution in [3.63, 3.8) is 0 Å². The third-order valence-electron chi connectivity index (χ3n) is 1.60. The van der Waals surface area contributed by atoms with E-state index in [-0.39, 0.29) is 0 Å². The predicted octanol–water partition coefficient (Wildman–Crippen LogP) is 2.26. The van der Waals surface area contributed by atoms with Gasteiger partial charge in [0.1, 0.15) is 0 Å². The Labute approximate surface area is 80.5 Å². The highest BCUT2D eigenvalue weighted by atomic mass is 32.1. The molecular weight excluding hydrogens is 170 g/mol. The summed E-state index contributed by atoms with van der Waals surface area (Å²) < 4.78 is 5.37. The first-order valence-corrected chi connectivity index (χ1v) is 5.04. The maximum Gasteiger partial charge on any atom is 0.0728 e. The summed E-state index contributed by atoms with van der Waals surface area (Å²) in [6.45, 7) is 3.86. The van der Waals surface area contributed by atoms with Crippen LogP contribution >= 0.6 is 12.2 Å². The largest absolute Gasteiger partial charge is 0.393 e. The number of thiocarbonyl (C=S) groups is 1. The van der Waals surface area contributed by atoms with Gasteiger partial charge in [-0.3, -0.25) is 0 Å². The second-order valence-electron chi connectivity index (χ2n) is 2.89. The van der Waals surface area contributed by atoms with Crippen molar-refractivity contribution in [1.29, 1.82) is 0 Å². The molecule has 0 saturated heterocycles. The van der Waals surface area contributed by atoms with Crippen LogP contribution < -0.4 is 5.73 Å². The topological polar surface area (TPSA) is 35.2 Å². The lowest BCUT2D eigenvalue weighted by molar-refractivity contribution is 0.129. The van der Waals surface area contributed by atoms with Gasteiger partial charge in [-0.2, -0.15) is 0 Å². The second kappa shape index (κ2) is 8.94. The van der Waals surface area contributed by atoms with E-state index in [4.69, 9.17) is 22.7 Å². The molecule has 2 N–H and O–H groups in total. The van der Waals surface area contributed by atoms with E-state index in [2.05, 4.69) is 6.92 Å². The van der Waals surface area contributed by atoms with Gasteiger partial charge in [0.15, 0.2) is 0 Å². The summed E-state index contributed by atoms with van der Waals surface area (Å²) in [4.78, 5) is 0.590. The molecule has 0 bridgehead atoms. The average Bonchev–Trinajstić information content (AvgIpc) is 2.02. The molecule has 0 aliphatic rings. The predicted molar refractivity (Wildman–Crippen MR) is 56.4 cm³/mol. The van der Waals surface area contributed by atoms with Crippen LogP contribution in [-0.4, -0.2) is 18.2 Å². The van der Waals surface area contributed by atoms with Crippen LogP contribution in [0.25, 0.3) is 0 Å². The Kier molecular flexibility index (Phi) is 8.83. The van der Waals surface area contributed by atoms with Gasteiger partial charge in [0.2, 0.25) is 0 Å². The standard InChI is InChI=1S/C9H19NOS/c1-2-3-4-7-11-8-5-6-9(10)12/h2-8H2,1H3,(H2,10,12). The molecule has 2 nitrogen and oxygen atoms in total. The second-order valence-corrected chi connectivity index (χ2v) is 3.41. The maximum atomic E-state index is 5.37. The summed E-state index contributed by atoms with van der Waals surface area (Å²) in [7, 11) is 0. The Balaban J connectivity index is 2.86. The molecule has 0 saturated carbocycles. The van der Waals surface area contributed by atoms with Crippen LogP contribution in [0.2, 0.25) is 0 Å². The fourth-order valence-corrected chi connectivity index (χ4v) is 1.05. The van der Waals surface area contributed by atoms with Crippen molar-refractivity contribution < 1.29 is 4.74 Å². The number of hydrogen-bond acceptors (Lipinski definition) is 2. The average molecular weight is 189 g/mol. The molecule has 3 heteroatoms. The van der Waals surface area contributed by atoms with E-state index >= 15 is 0 Å². The lowest BCUT2D eigenvalue weighted by atomic mass is 10.3. The summed E-state index contributed by atoms with van der Waals surface area (Å²) in [6.07, 6.45) is 5.44. The van der Waals surface area contributed by atoms with Gasteiger partial charge in [0.05, 0.1) is 4.99 Å². The van der Waals surface area contributed by atoms with E-state index in [9.17, 15) is 0 Å². The fourth-order valence-electron chi connectivity index (χ4n) is 0.905. The number of nitrogens with two attached hydrogens (primary N) is 1. The normalized spacial score (nSPS) is 10.1. The first kappa shape index (κ1) is 11.8. The van der Waals surface area contributed by atoms with Crippen LogP contribution in [0.3, 0.4) is 0 Å². The van der Waals surface area contributed by atoms with Crippen LogP contribution in [0.4, 0.5) is 0 Å². The molecule has 0 atom stereocenters. The highest BCUT2D eigenvalue weighted by Gasteiger charge is 1.91. The van der Waals surface area contributed by atoms with Crippen LogP contribution in [0.1, 0.15) is 39.0 Å². The summed E-state index contributed by atoms with van der Waals surface area (Å²) >= 11 is 4.74. The molecule has 0 amide bonds. The van der Waals surface area contributed by atoms with Crippen molar-refractivity contribution in [3.05, 3.63) is 0 Å². The van der Waals surface area contributed by atoms with Crippen molar-refractivity contribution in [1.82, 2.24) is 0 Å². The number of unbranched alkanes of at least 4 members (excludes halogenated alkanes) is 2. The molecule has 12 heavy (non-hydrogen) atoms. The van der Waals surface area contributed by atoms with Crippen LogP contribution in [0, 0.1) is 0 Å². The molecule has 0 aromatic carbocycles. The lowest BCUT2D eigenvalue weighted by Crippen LogP contribution is -2.08. The summed E-state index contributed by atoms with van der Waals surface area (Å²) in [5.41, 5.74) is 5.33. The minimum atomic E-state index is 0.590. The third-order valence-corrected chi connectivity index (χ3v) is 1.81. The van der Waals surface area contributed by atoms with E-state index in [0.717, 1.165) is 26.1 Å². The van der Waals surface area contributed by atoms with Gasteiger partial charge in [-0.25, -0.2) is 0 Å². The van der Waals surface area contributed by atoms with E-state index in [1.807, 2.05) is 0 Å². The zero-order valence-electron chi connectivity index (χ0n) is 7.84. The number of hydrogen-bond donors (Lipinski definition) is 1. The minimum absolute atomic E-state index is 0.590. The van der Waals surface area contributed by atoms with E-state index < -0.39 is 0 Å². The smallest absolute Gasteiger partial charge is 0.0728 e. The molecule has 0 unspecified atom stereocenters. The van der Waals surface area contributed by atoms with Gasteiger partial charge >= 0.3 is 0 Å². The van der Waals surface area contributed by atoms with Crippen LogP contribution in [-0.2, 0) is 4.74 Å². The first-order chi connectivity index (χ1) is 5.77. The van der Waals surface area contributed by atoms with Gasteiger partial charge in [-0.15, -0.1) is 0 Å². The molecule has 0 aromatic heterocycles. The van der Waals surface area contributed by atoms with Crippen LogP contribution in [0.15, 0.2) is 0 Å². The molecule has 0 rings (SSSR count). The first-order valence-electron chi connectivity index (χ1n) is 4.63. The fraction of sp³-hybridized carbons (Fsp3) is 0.889. The van der Waals surface area contributed by atoms with E-state index in [1.54, 1.807) is 0 Å². The van der Waals surface area contributed by atoms with Gasteiger partial charge in [0.25, 0.3) is 0 Å². The van der Waals surface area contributed by atoms with Crippen molar-refractivity contribution in [2.75, 3.05) is 13.2 Å². The van der Waals surface area contributed by atoms with Crippen LogP contribution in [0.5, 0.6) is 0 Å². The molecule has 0 aliphatic carbocycles. The summed E-state index contributed by atoms with van der Waals surface area (Å²) in [5, 5.41) is 0. The molecule has 72 valence electrons. The Morgan fingerprint density at radius 1 is 1.25 bits per heavy atom. The molecule has 0 aromatic rings. The third kappa shape index (κ3) is 9.85. The van der Waals surface area contributed by atoms with Gasteiger partial charge < -0.3 is 10.5 Å². The Morgan fingerprint density at radius 2 is 1.92 bits per heavy atom. The number of rotatable bonds is 8. The van der Waals surface area contributed by atoms with Gasteiger partial charge in [-0.1, -0.05) is 32.0 Å². The van der Waals surface area contributed by atoms with Gasteiger partial charge in [0, 0.05) is 13.2 Å². The Morgan fingerprint density at radius 3 is 2.50 bits per heavy atom. The molecule has 0 heterocycles. The summed E-state index contributed by atoms with van der Waals surface area (Å²) in [5.74, 6) is 0. The quantitative estimate of drug-likeness (QED) is 0.470. The SMILES string of the molecule is CCCCCOCCCC(N)=S. The summed E-state index contributed by atoms with van der Waals surface area (Å²) in [6, 6.07) is 0. The monoisotopic (exact) mass is 189 g/mol. The maximum absolute atomic E-state index is 5.37. The zero-order valence-corrected chi connectivity index (χ0v) is 8.66. The van der Waals surface area contributed by atoms with Crippen molar-refractivity contribution in [2.45, 2.75) is 39.0 Å². The molecular formula is C9H19NOS. The van der Waals surface area contributed by atoms with Crippen molar-refractivity contribution >= 4 is 17.2 Å². The Hall–Kier alpha value is -0.150. The highest BCUT2D eigenvalue weighted by molar-refractivity contribution is 7.80.